The SMILES string of the molecule is COCCn1nc2n(c1=O)CCC1(CC2)CCN(C(=O)CCc2c(C)nn(C)c2C)CC1. The second-order valence-electron chi connectivity index (χ2n) is 9.47. The normalized spacial score (nSPS) is 18.1. The van der Waals surface area contributed by atoms with E-state index >= 15 is 0 Å². The molecule has 1 fully saturated rings. The first-order chi connectivity index (χ1) is 15.3. The fourth-order valence-electron chi connectivity index (χ4n) is 5.37. The summed E-state index contributed by atoms with van der Waals surface area (Å²) < 4.78 is 10.4. The summed E-state index contributed by atoms with van der Waals surface area (Å²) in [5, 5.41) is 9.01. The van der Waals surface area contributed by atoms with Crippen LogP contribution in [0.15, 0.2) is 4.79 Å². The molecule has 9 heteroatoms. The minimum absolute atomic E-state index is 0.0253. The molecule has 2 aliphatic heterocycles. The van der Waals surface area contributed by atoms with Crippen molar-refractivity contribution in [2.24, 2.45) is 12.5 Å². The van der Waals surface area contributed by atoms with Crippen LogP contribution < -0.4 is 5.69 Å². The van der Waals surface area contributed by atoms with E-state index in [1.54, 1.807) is 7.11 Å². The van der Waals surface area contributed by atoms with E-state index in [4.69, 9.17) is 4.74 Å². The first-order valence-corrected chi connectivity index (χ1v) is 11.8. The third-order valence-corrected chi connectivity index (χ3v) is 7.68. The Morgan fingerprint density at radius 2 is 1.81 bits per heavy atom. The van der Waals surface area contributed by atoms with Crippen LogP contribution in [0.5, 0.6) is 0 Å². The number of piperidine rings is 1. The van der Waals surface area contributed by atoms with Gasteiger partial charge in [-0.2, -0.15) is 10.2 Å². The van der Waals surface area contributed by atoms with Crippen molar-refractivity contribution in [3.8, 4) is 0 Å². The highest BCUT2D eigenvalue weighted by atomic mass is 16.5. The predicted molar refractivity (Wildman–Crippen MR) is 121 cm³/mol. The summed E-state index contributed by atoms with van der Waals surface area (Å²) >= 11 is 0. The van der Waals surface area contributed by atoms with Crippen molar-refractivity contribution in [3.05, 3.63) is 33.3 Å². The molecule has 0 saturated carbocycles. The van der Waals surface area contributed by atoms with Crippen molar-refractivity contribution < 1.29 is 9.53 Å². The highest BCUT2D eigenvalue weighted by molar-refractivity contribution is 5.76. The Bertz CT molecular complexity index is 1030. The lowest BCUT2D eigenvalue weighted by Crippen LogP contribution is -2.43. The second kappa shape index (κ2) is 9.21. The van der Waals surface area contributed by atoms with E-state index in [1.165, 1.54) is 10.2 Å². The molecule has 0 N–H and O–H groups in total. The van der Waals surface area contributed by atoms with Crippen LogP contribution in [-0.4, -0.2) is 61.7 Å². The Morgan fingerprint density at radius 3 is 2.47 bits per heavy atom. The summed E-state index contributed by atoms with van der Waals surface area (Å²) in [6, 6.07) is 0. The highest BCUT2D eigenvalue weighted by Gasteiger charge is 2.37. The van der Waals surface area contributed by atoms with Gasteiger partial charge in [-0.3, -0.25) is 14.0 Å². The number of carbonyl (C=O) groups is 1. The molecule has 0 atom stereocenters. The first-order valence-electron chi connectivity index (χ1n) is 11.8. The molecule has 0 aliphatic carbocycles. The molecule has 0 radical (unpaired) electrons. The Morgan fingerprint density at radius 1 is 1.09 bits per heavy atom. The summed E-state index contributed by atoms with van der Waals surface area (Å²) in [4.78, 5) is 27.6. The number of aryl methyl sites for hydroxylation is 3. The Hall–Kier alpha value is -2.42. The molecule has 32 heavy (non-hydrogen) atoms. The van der Waals surface area contributed by atoms with E-state index in [0.29, 0.717) is 26.1 Å². The first kappa shape index (κ1) is 22.8. The van der Waals surface area contributed by atoms with Crippen molar-refractivity contribution in [2.45, 2.75) is 71.9 Å². The third-order valence-electron chi connectivity index (χ3n) is 7.68. The van der Waals surface area contributed by atoms with Gasteiger partial charge in [0.05, 0.1) is 18.8 Å². The molecule has 0 unspecified atom stereocenters. The van der Waals surface area contributed by atoms with Gasteiger partial charge < -0.3 is 9.64 Å². The van der Waals surface area contributed by atoms with Crippen molar-refractivity contribution >= 4 is 5.91 Å². The Labute approximate surface area is 189 Å². The molecule has 1 saturated heterocycles. The van der Waals surface area contributed by atoms with Gasteiger partial charge in [0.1, 0.15) is 5.82 Å². The van der Waals surface area contributed by atoms with E-state index in [2.05, 4.69) is 17.1 Å². The van der Waals surface area contributed by atoms with Gasteiger partial charge in [0.25, 0.3) is 0 Å². The van der Waals surface area contributed by atoms with Crippen molar-refractivity contribution in [3.63, 3.8) is 0 Å². The quantitative estimate of drug-likeness (QED) is 0.676. The lowest BCUT2D eigenvalue weighted by atomic mass is 9.72. The number of hydrogen-bond donors (Lipinski definition) is 0. The zero-order valence-electron chi connectivity index (χ0n) is 19.9. The average molecular weight is 445 g/mol. The van der Waals surface area contributed by atoms with E-state index in [9.17, 15) is 9.59 Å². The van der Waals surface area contributed by atoms with Crippen LogP contribution in [0.2, 0.25) is 0 Å². The van der Waals surface area contributed by atoms with Crippen LogP contribution >= 0.6 is 0 Å². The van der Waals surface area contributed by atoms with Crippen LogP contribution in [0.3, 0.4) is 0 Å². The van der Waals surface area contributed by atoms with Crippen molar-refractivity contribution in [1.82, 2.24) is 29.0 Å². The summed E-state index contributed by atoms with van der Waals surface area (Å²) in [6.07, 6.45) is 6.14. The molecule has 9 nitrogen and oxygen atoms in total. The highest BCUT2D eigenvalue weighted by Crippen LogP contribution is 2.41. The number of rotatable bonds is 6. The monoisotopic (exact) mass is 444 g/mol. The second-order valence-corrected chi connectivity index (χ2v) is 9.47. The van der Waals surface area contributed by atoms with E-state index in [-0.39, 0.29) is 17.0 Å². The number of carbonyl (C=O) groups excluding carboxylic acids is 1. The smallest absolute Gasteiger partial charge is 0.345 e. The number of likely N-dealkylation sites (tertiary alicyclic amines) is 1. The molecular weight excluding hydrogens is 408 g/mol. The number of fused-ring (bicyclic) bond motifs is 1. The number of hydrogen-bond acceptors (Lipinski definition) is 5. The molecule has 4 rings (SSSR count). The van der Waals surface area contributed by atoms with Crippen LogP contribution in [-0.2, 0) is 42.5 Å². The lowest BCUT2D eigenvalue weighted by Gasteiger charge is -2.41. The van der Waals surface area contributed by atoms with Crippen LogP contribution in [0.25, 0.3) is 0 Å². The molecule has 1 amide bonds. The van der Waals surface area contributed by atoms with Crippen LogP contribution in [0.4, 0.5) is 0 Å². The summed E-state index contributed by atoms with van der Waals surface area (Å²) in [5.41, 5.74) is 3.54. The van der Waals surface area contributed by atoms with E-state index < -0.39 is 0 Å². The molecule has 2 aromatic rings. The molecular formula is C23H36N6O3. The number of ether oxygens (including phenoxy) is 1. The van der Waals surface area contributed by atoms with Crippen molar-refractivity contribution in [1.29, 1.82) is 0 Å². The number of nitrogens with zero attached hydrogens (tertiary/aromatic N) is 6. The molecule has 1 spiro atoms. The fraction of sp³-hybridized carbons (Fsp3) is 0.739. The number of methoxy groups -OCH3 is 1. The zero-order chi connectivity index (χ0) is 22.9. The number of aromatic nitrogens is 5. The largest absolute Gasteiger partial charge is 0.383 e. The average Bonchev–Trinajstić information content (AvgIpc) is 3.14. The summed E-state index contributed by atoms with van der Waals surface area (Å²) in [6.45, 7) is 7.40. The summed E-state index contributed by atoms with van der Waals surface area (Å²) in [5.74, 6) is 1.13. The van der Waals surface area contributed by atoms with Gasteiger partial charge in [0.2, 0.25) is 5.91 Å². The minimum atomic E-state index is -0.0253. The minimum Gasteiger partial charge on any atom is -0.383 e. The van der Waals surface area contributed by atoms with Gasteiger partial charge >= 0.3 is 5.69 Å². The van der Waals surface area contributed by atoms with Gasteiger partial charge in [-0.1, -0.05) is 0 Å². The standard InChI is InChI=1S/C23H36N6O3/c1-17-19(18(2)26(3)24-17)5-6-21(30)27-12-9-23(10-13-27)8-7-20-25-29(15-16-32-4)22(31)28(20)14-11-23/h5-16H2,1-4H3. The zero-order valence-corrected chi connectivity index (χ0v) is 19.9. The Balaban J connectivity index is 1.32. The van der Waals surface area contributed by atoms with E-state index in [1.807, 2.05) is 28.1 Å². The molecule has 0 aromatic carbocycles. The van der Waals surface area contributed by atoms with Gasteiger partial charge in [-0.25, -0.2) is 9.48 Å². The fourth-order valence-corrected chi connectivity index (χ4v) is 5.37. The topological polar surface area (TPSA) is 87.2 Å². The van der Waals surface area contributed by atoms with Crippen molar-refractivity contribution in [2.75, 3.05) is 26.8 Å². The maximum absolute atomic E-state index is 12.9. The maximum Gasteiger partial charge on any atom is 0.345 e. The lowest BCUT2D eigenvalue weighted by molar-refractivity contribution is -0.133. The predicted octanol–water partition coefficient (Wildman–Crippen LogP) is 1.62. The molecule has 2 aromatic heterocycles. The van der Waals surface area contributed by atoms with Gasteiger partial charge in [-0.05, 0) is 56.9 Å². The van der Waals surface area contributed by atoms with Gasteiger partial charge in [-0.15, -0.1) is 0 Å². The van der Waals surface area contributed by atoms with Gasteiger partial charge in [0, 0.05) is 52.3 Å². The maximum atomic E-state index is 12.9. The molecule has 176 valence electrons. The molecule has 0 bridgehead atoms. The van der Waals surface area contributed by atoms with E-state index in [0.717, 1.165) is 68.8 Å². The van der Waals surface area contributed by atoms with Crippen LogP contribution in [0, 0.1) is 19.3 Å². The number of amides is 1. The molecule has 4 heterocycles. The summed E-state index contributed by atoms with van der Waals surface area (Å²) in [7, 11) is 3.58. The molecule has 2 aliphatic rings. The van der Waals surface area contributed by atoms with Crippen LogP contribution in [0.1, 0.15) is 54.9 Å². The Kier molecular flexibility index (Phi) is 6.55. The third kappa shape index (κ3) is 4.40. The van der Waals surface area contributed by atoms with Gasteiger partial charge in [0.15, 0.2) is 0 Å².